The number of rotatable bonds is 3. The van der Waals surface area contributed by atoms with E-state index in [0.29, 0.717) is 0 Å². The van der Waals surface area contributed by atoms with Gasteiger partial charge in [0.2, 0.25) is 0 Å². The summed E-state index contributed by atoms with van der Waals surface area (Å²) in [6, 6.07) is 46.8. The van der Waals surface area contributed by atoms with Crippen LogP contribution in [0.5, 0.6) is 0 Å². The van der Waals surface area contributed by atoms with Gasteiger partial charge in [-0.25, -0.2) is 0 Å². The molecule has 0 unspecified atom stereocenters. The topological polar surface area (TPSA) is 0 Å². The minimum Gasteiger partial charge on any atom is -0.0656 e. The zero-order valence-corrected chi connectivity index (χ0v) is 27.6. The molecule has 0 radical (unpaired) electrons. The molecule has 7 rings (SSSR count). The van der Waals surface area contributed by atoms with E-state index in [-0.39, 0.29) is 0 Å². The molecule has 7 aromatic carbocycles. The van der Waals surface area contributed by atoms with Crippen molar-refractivity contribution < 1.29 is 0 Å². The van der Waals surface area contributed by atoms with Crippen molar-refractivity contribution in [2.45, 2.75) is 32.7 Å². The molecule has 43 heavy (non-hydrogen) atoms. The third-order valence-electron chi connectivity index (χ3n) is 9.05. The van der Waals surface area contributed by atoms with E-state index in [9.17, 15) is 0 Å². The Bertz CT molecular complexity index is 2130. The van der Waals surface area contributed by atoms with Gasteiger partial charge in [-0.3, -0.25) is 0 Å². The fraction of sp³-hybridized carbons (Fsp3) is 0.122. The first kappa shape index (κ1) is 27.4. The molecule has 0 amide bonds. The van der Waals surface area contributed by atoms with Crippen LogP contribution in [-0.2, 0) is 0 Å². The van der Waals surface area contributed by atoms with Gasteiger partial charge in [-0.2, -0.15) is 0 Å². The highest BCUT2D eigenvalue weighted by Crippen LogP contribution is 2.32. The van der Waals surface area contributed by atoms with E-state index in [4.69, 9.17) is 0 Å². The smallest absolute Gasteiger partial charge is 0.0656 e. The maximum absolute atomic E-state index is 3.78. The maximum Gasteiger partial charge on any atom is 0.113 e. The first-order valence-corrected chi connectivity index (χ1v) is 21.7. The first-order chi connectivity index (χ1) is 20.8. The number of benzene rings is 7. The van der Waals surface area contributed by atoms with Crippen LogP contribution in [-0.4, -0.2) is 16.1 Å². The largest absolute Gasteiger partial charge is 0.113 e. The van der Waals surface area contributed by atoms with E-state index in [0.717, 1.165) is 11.1 Å². The highest BCUT2D eigenvalue weighted by Gasteiger charge is 2.31. The quantitative estimate of drug-likeness (QED) is 0.110. The van der Waals surface area contributed by atoms with Crippen LogP contribution in [0.2, 0.25) is 32.7 Å². The molecule has 208 valence electrons. The van der Waals surface area contributed by atoms with Crippen LogP contribution in [0, 0.1) is 11.8 Å². The summed E-state index contributed by atoms with van der Waals surface area (Å²) in [5, 5.41) is 14.8. The van der Waals surface area contributed by atoms with Gasteiger partial charge in [0.1, 0.15) is 8.07 Å². The summed E-state index contributed by atoms with van der Waals surface area (Å²) in [5.74, 6) is 7.56. The maximum atomic E-state index is 3.78. The summed E-state index contributed by atoms with van der Waals surface area (Å²) in [6.45, 7) is 12.3. The standard InChI is InChI=1S/C41H36Si2/c1-42(2,3)40-36-23-13-9-19-30(36)34(31-20-10-14-24-37(31)40)27-28-35-32-21-11-15-25-38(32)41(39-26-16-12-22-33(35)39)43(4,5)29-17-7-6-8-18-29/h6-26H,1-5H3. The molecule has 0 N–H and O–H groups in total. The Morgan fingerprint density at radius 2 is 0.651 bits per heavy atom. The summed E-state index contributed by atoms with van der Waals surface area (Å²) in [5.41, 5.74) is 2.25. The molecule has 0 heterocycles. The Kier molecular flexibility index (Phi) is 6.62. The van der Waals surface area contributed by atoms with Gasteiger partial charge < -0.3 is 0 Å². The predicted molar refractivity (Wildman–Crippen MR) is 195 cm³/mol. The molecule has 0 saturated heterocycles. The Balaban J connectivity index is 1.57. The van der Waals surface area contributed by atoms with Gasteiger partial charge in [-0.05, 0) is 53.5 Å². The lowest BCUT2D eigenvalue weighted by Gasteiger charge is -2.28. The van der Waals surface area contributed by atoms with E-state index in [1.165, 1.54) is 58.6 Å². The Morgan fingerprint density at radius 3 is 1.00 bits per heavy atom. The molecule has 0 atom stereocenters. The van der Waals surface area contributed by atoms with Crippen molar-refractivity contribution in [3.05, 3.63) is 139 Å². The van der Waals surface area contributed by atoms with E-state index >= 15 is 0 Å². The Hall–Kier alpha value is -4.43. The summed E-state index contributed by atoms with van der Waals surface area (Å²) in [7, 11) is -3.68. The van der Waals surface area contributed by atoms with Crippen molar-refractivity contribution in [3.63, 3.8) is 0 Å². The molecule has 0 nitrogen and oxygen atoms in total. The Labute approximate surface area is 257 Å². The molecule has 0 spiro atoms. The SMILES string of the molecule is C[Si](C)(C)c1c2ccccc2c(C#Cc2c3ccccc3c([Si](C)(C)c3ccccc3)c3ccccc23)c2ccccc12. The van der Waals surface area contributed by atoms with Gasteiger partial charge in [0.05, 0.1) is 8.07 Å². The average Bonchev–Trinajstić information content (AvgIpc) is 3.02. The summed E-state index contributed by atoms with van der Waals surface area (Å²) >= 11 is 0. The van der Waals surface area contributed by atoms with Gasteiger partial charge in [-0.1, -0.05) is 177 Å². The number of fused-ring (bicyclic) bond motifs is 4. The second-order valence-corrected chi connectivity index (χ2v) is 22.5. The van der Waals surface area contributed by atoms with Crippen LogP contribution < -0.4 is 15.6 Å². The monoisotopic (exact) mass is 584 g/mol. The molecular formula is C41H36Si2. The van der Waals surface area contributed by atoms with Gasteiger partial charge >= 0.3 is 0 Å². The van der Waals surface area contributed by atoms with Gasteiger partial charge in [-0.15, -0.1) is 0 Å². The highest BCUT2D eigenvalue weighted by atomic mass is 28.3. The predicted octanol–water partition coefficient (Wildman–Crippen LogP) is 9.07. The molecule has 0 saturated carbocycles. The summed E-state index contributed by atoms with van der Waals surface area (Å²) in [4.78, 5) is 0. The van der Waals surface area contributed by atoms with Crippen LogP contribution in [0.3, 0.4) is 0 Å². The van der Waals surface area contributed by atoms with Gasteiger partial charge in [0.15, 0.2) is 0 Å². The molecule has 0 fully saturated rings. The molecule has 0 aliphatic carbocycles. The van der Waals surface area contributed by atoms with Crippen LogP contribution >= 0.6 is 0 Å². The number of hydrogen-bond acceptors (Lipinski definition) is 0. The molecular weight excluding hydrogens is 549 g/mol. The third-order valence-corrected chi connectivity index (χ3v) is 14.6. The minimum atomic E-state index is -2.04. The van der Waals surface area contributed by atoms with E-state index < -0.39 is 16.1 Å². The fourth-order valence-electron chi connectivity index (χ4n) is 7.13. The van der Waals surface area contributed by atoms with E-state index in [1.807, 2.05) is 0 Å². The average molecular weight is 585 g/mol. The van der Waals surface area contributed by atoms with Crippen molar-refractivity contribution in [2.24, 2.45) is 0 Å². The Morgan fingerprint density at radius 1 is 0.349 bits per heavy atom. The lowest BCUT2D eigenvalue weighted by molar-refractivity contribution is 1.69. The van der Waals surface area contributed by atoms with E-state index in [1.54, 1.807) is 0 Å². The van der Waals surface area contributed by atoms with E-state index in [2.05, 4.69) is 172 Å². The van der Waals surface area contributed by atoms with Crippen LogP contribution in [0.15, 0.2) is 127 Å². The molecule has 0 bridgehead atoms. The number of hydrogen-bond donors (Lipinski definition) is 0. The lowest BCUT2D eigenvalue weighted by Crippen LogP contribution is -2.53. The van der Waals surface area contributed by atoms with Crippen molar-refractivity contribution >= 4 is 74.8 Å². The van der Waals surface area contributed by atoms with Crippen molar-refractivity contribution in [1.29, 1.82) is 0 Å². The fourth-order valence-corrected chi connectivity index (χ4v) is 12.3. The zero-order valence-electron chi connectivity index (χ0n) is 25.6. The first-order valence-electron chi connectivity index (χ1n) is 15.2. The highest BCUT2D eigenvalue weighted by molar-refractivity contribution is 7.03. The van der Waals surface area contributed by atoms with Gasteiger partial charge in [0.25, 0.3) is 0 Å². The van der Waals surface area contributed by atoms with Crippen LogP contribution in [0.1, 0.15) is 11.1 Å². The molecule has 0 aromatic heterocycles. The van der Waals surface area contributed by atoms with Crippen LogP contribution in [0.25, 0.3) is 43.1 Å². The minimum absolute atomic E-state index is 1.12. The van der Waals surface area contributed by atoms with Crippen molar-refractivity contribution in [1.82, 2.24) is 0 Å². The molecule has 0 aliphatic heterocycles. The summed E-state index contributed by atoms with van der Waals surface area (Å²) < 4.78 is 0. The van der Waals surface area contributed by atoms with Crippen molar-refractivity contribution in [3.8, 4) is 11.8 Å². The molecule has 2 heteroatoms. The summed E-state index contributed by atoms with van der Waals surface area (Å²) in [6.07, 6.45) is 0. The second kappa shape index (κ2) is 10.4. The van der Waals surface area contributed by atoms with Gasteiger partial charge in [0, 0.05) is 11.1 Å². The second-order valence-electron chi connectivity index (χ2n) is 13.2. The normalized spacial score (nSPS) is 12.1. The lowest BCUT2D eigenvalue weighted by atomic mass is 9.94. The molecule has 0 aliphatic rings. The third kappa shape index (κ3) is 4.52. The van der Waals surface area contributed by atoms with Crippen molar-refractivity contribution in [2.75, 3.05) is 0 Å². The van der Waals surface area contributed by atoms with Crippen LogP contribution in [0.4, 0.5) is 0 Å². The molecule has 7 aromatic rings. The zero-order chi connectivity index (χ0) is 29.8.